The Labute approximate surface area is 168 Å². The molecule has 0 bridgehead atoms. The molecule has 0 atom stereocenters. The molecule has 1 fully saturated rings. The smallest absolute Gasteiger partial charge is 0.339 e. The maximum atomic E-state index is 13.1. The summed E-state index contributed by atoms with van der Waals surface area (Å²) in [5, 5.41) is 2.60. The first-order valence-corrected chi connectivity index (χ1v) is 9.23. The molecule has 8 heteroatoms. The topological polar surface area (TPSA) is 78.9 Å². The molecule has 0 saturated carbocycles. The fourth-order valence-corrected chi connectivity index (χ4v) is 3.19. The van der Waals surface area contributed by atoms with Crippen LogP contribution in [0.1, 0.15) is 16.8 Å². The highest BCUT2D eigenvalue weighted by molar-refractivity contribution is 6.06. The zero-order valence-electron chi connectivity index (χ0n) is 16.1. The Morgan fingerprint density at radius 3 is 2.31 bits per heavy atom. The van der Waals surface area contributed by atoms with Crippen molar-refractivity contribution < 1.29 is 23.5 Å². The van der Waals surface area contributed by atoms with Crippen molar-refractivity contribution in [3.63, 3.8) is 0 Å². The van der Waals surface area contributed by atoms with Crippen molar-refractivity contribution in [1.29, 1.82) is 0 Å². The molecule has 1 heterocycles. The molecule has 152 valence electrons. The third kappa shape index (κ3) is 5.10. The molecule has 0 spiro atoms. The van der Waals surface area contributed by atoms with Gasteiger partial charge in [0.1, 0.15) is 12.2 Å². The highest BCUT2D eigenvalue weighted by Gasteiger charge is 2.23. The number of nitrogens with one attached hydrogen (secondary N) is 1. The van der Waals surface area contributed by atoms with E-state index in [1.165, 1.54) is 25.3 Å². The predicted molar refractivity (Wildman–Crippen MR) is 106 cm³/mol. The van der Waals surface area contributed by atoms with Crippen LogP contribution in [0.5, 0.6) is 0 Å². The number of carbonyl (C=O) groups excluding carboxylic acids is 3. The van der Waals surface area contributed by atoms with Crippen molar-refractivity contribution in [2.24, 2.45) is 0 Å². The van der Waals surface area contributed by atoms with Crippen molar-refractivity contribution in [2.75, 3.05) is 43.5 Å². The first-order chi connectivity index (χ1) is 14.0. The summed E-state index contributed by atoms with van der Waals surface area (Å²) in [4.78, 5) is 40.2. The molecule has 1 N–H and O–H groups in total. The number of ether oxygens (including phenoxy) is 1. The molecule has 0 unspecified atom stereocenters. The van der Waals surface area contributed by atoms with E-state index in [1.54, 1.807) is 35.2 Å². The Bertz CT molecular complexity index is 893. The van der Waals surface area contributed by atoms with Crippen molar-refractivity contribution in [2.45, 2.75) is 6.42 Å². The van der Waals surface area contributed by atoms with Crippen molar-refractivity contribution in [3.05, 3.63) is 59.9 Å². The number of carbonyl (C=O) groups is 3. The molecule has 1 aliphatic rings. The van der Waals surface area contributed by atoms with Crippen molar-refractivity contribution in [1.82, 2.24) is 4.90 Å². The molecule has 29 heavy (non-hydrogen) atoms. The van der Waals surface area contributed by atoms with Crippen LogP contribution < -0.4 is 10.2 Å². The van der Waals surface area contributed by atoms with E-state index in [0.717, 1.165) is 5.69 Å². The van der Waals surface area contributed by atoms with Crippen LogP contribution in [0.4, 0.5) is 15.8 Å². The Morgan fingerprint density at radius 2 is 1.66 bits per heavy atom. The standard InChI is InChI=1S/C21H22FN3O4/c1-29-21(28)17-4-2-3-5-18(17)23-19(26)14-20(27)25-12-10-24(11-13-25)16-8-6-15(22)7-9-16/h2-9H,10-14H2,1H3,(H,23,26). The van der Waals surface area contributed by atoms with Gasteiger partial charge < -0.3 is 19.9 Å². The molecule has 0 aliphatic carbocycles. The fourth-order valence-electron chi connectivity index (χ4n) is 3.19. The maximum absolute atomic E-state index is 13.1. The summed E-state index contributed by atoms with van der Waals surface area (Å²) in [6.45, 7) is 2.15. The van der Waals surface area contributed by atoms with Gasteiger partial charge in [0.15, 0.2) is 0 Å². The van der Waals surface area contributed by atoms with E-state index in [4.69, 9.17) is 4.74 Å². The fraction of sp³-hybridized carbons (Fsp3) is 0.286. The molecule has 7 nitrogen and oxygen atoms in total. The second-order valence-electron chi connectivity index (χ2n) is 6.61. The number of rotatable bonds is 5. The number of nitrogens with zero attached hydrogens (tertiary/aromatic N) is 2. The minimum atomic E-state index is -0.566. The number of methoxy groups -OCH3 is 1. The Kier molecular flexibility index (Phi) is 6.43. The summed E-state index contributed by atoms with van der Waals surface area (Å²) in [5.74, 6) is -1.63. The number of halogens is 1. The van der Waals surface area contributed by atoms with E-state index >= 15 is 0 Å². The summed E-state index contributed by atoms with van der Waals surface area (Å²) >= 11 is 0. The van der Waals surface area contributed by atoms with Gasteiger partial charge in [0.05, 0.1) is 18.4 Å². The Hall–Kier alpha value is -3.42. The van der Waals surface area contributed by atoms with Gasteiger partial charge in [-0.2, -0.15) is 0 Å². The first-order valence-electron chi connectivity index (χ1n) is 9.23. The number of para-hydroxylation sites is 1. The minimum absolute atomic E-state index is 0.226. The van der Waals surface area contributed by atoms with Crippen molar-refractivity contribution in [3.8, 4) is 0 Å². The third-order valence-electron chi connectivity index (χ3n) is 4.74. The van der Waals surface area contributed by atoms with Gasteiger partial charge in [0.25, 0.3) is 0 Å². The van der Waals surface area contributed by atoms with E-state index in [9.17, 15) is 18.8 Å². The zero-order chi connectivity index (χ0) is 20.8. The third-order valence-corrected chi connectivity index (χ3v) is 4.74. The Balaban J connectivity index is 1.53. The molecule has 3 rings (SSSR count). The van der Waals surface area contributed by atoms with Gasteiger partial charge in [-0.25, -0.2) is 9.18 Å². The lowest BCUT2D eigenvalue weighted by Gasteiger charge is -2.36. The van der Waals surface area contributed by atoms with Crippen LogP contribution in [0.15, 0.2) is 48.5 Å². The molecule has 0 aromatic heterocycles. The summed E-state index contributed by atoms with van der Waals surface area (Å²) in [6.07, 6.45) is -0.313. The predicted octanol–water partition coefficient (Wildman–Crippen LogP) is 2.29. The van der Waals surface area contributed by atoms with Crippen LogP contribution in [-0.2, 0) is 14.3 Å². The summed E-state index contributed by atoms with van der Waals surface area (Å²) in [5.41, 5.74) is 1.43. The molecule has 1 aliphatic heterocycles. The number of esters is 1. The van der Waals surface area contributed by atoms with E-state index in [-0.39, 0.29) is 23.7 Å². The SMILES string of the molecule is COC(=O)c1ccccc1NC(=O)CC(=O)N1CCN(c2ccc(F)cc2)CC1. The highest BCUT2D eigenvalue weighted by atomic mass is 19.1. The van der Waals surface area contributed by atoms with Crippen LogP contribution >= 0.6 is 0 Å². The molecular formula is C21H22FN3O4. The molecule has 2 aromatic rings. The normalized spacial score (nSPS) is 13.7. The summed E-state index contributed by atoms with van der Waals surface area (Å²) in [6, 6.07) is 12.7. The number of piperazine rings is 1. The zero-order valence-corrected chi connectivity index (χ0v) is 16.1. The highest BCUT2D eigenvalue weighted by Crippen LogP contribution is 2.18. The van der Waals surface area contributed by atoms with Crippen LogP contribution in [0.3, 0.4) is 0 Å². The van der Waals surface area contributed by atoms with E-state index in [2.05, 4.69) is 10.2 Å². The van der Waals surface area contributed by atoms with Crippen LogP contribution in [0.2, 0.25) is 0 Å². The number of anilines is 2. The van der Waals surface area contributed by atoms with Gasteiger partial charge in [-0.1, -0.05) is 12.1 Å². The second-order valence-corrected chi connectivity index (χ2v) is 6.61. The van der Waals surface area contributed by atoms with Crippen LogP contribution in [0.25, 0.3) is 0 Å². The molecular weight excluding hydrogens is 377 g/mol. The lowest BCUT2D eigenvalue weighted by Crippen LogP contribution is -2.49. The van der Waals surface area contributed by atoms with E-state index < -0.39 is 11.9 Å². The minimum Gasteiger partial charge on any atom is -0.465 e. The lowest BCUT2D eigenvalue weighted by molar-refractivity contribution is -0.134. The average molecular weight is 399 g/mol. The summed E-state index contributed by atoms with van der Waals surface area (Å²) in [7, 11) is 1.26. The number of hydrogen-bond donors (Lipinski definition) is 1. The van der Waals surface area contributed by atoms with Crippen LogP contribution in [-0.4, -0.2) is 56.0 Å². The van der Waals surface area contributed by atoms with Gasteiger partial charge in [0.2, 0.25) is 11.8 Å². The first kappa shape index (κ1) is 20.3. The van der Waals surface area contributed by atoms with Gasteiger partial charge in [-0.15, -0.1) is 0 Å². The molecule has 2 aromatic carbocycles. The molecule has 2 amide bonds. The second kappa shape index (κ2) is 9.18. The van der Waals surface area contributed by atoms with Gasteiger partial charge in [0, 0.05) is 31.9 Å². The number of benzene rings is 2. The molecule has 1 saturated heterocycles. The van der Waals surface area contributed by atoms with E-state index in [0.29, 0.717) is 31.9 Å². The van der Waals surface area contributed by atoms with Crippen molar-refractivity contribution >= 4 is 29.2 Å². The van der Waals surface area contributed by atoms with E-state index in [1.807, 2.05) is 0 Å². The monoisotopic (exact) mass is 399 g/mol. The van der Waals surface area contributed by atoms with Crippen LogP contribution in [0, 0.1) is 5.82 Å². The largest absolute Gasteiger partial charge is 0.465 e. The van der Waals surface area contributed by atoms with Gasteiger partial charge in [-0.05, 0) is 36.4 Å². The Morgan fingerprint density at radius 1 is 1.00 bits per heavy atom. The number of hydrogen-bond acceptors (Lipinski definition) is 5. The van der Waals surface area contributed by atoms with Gasteiger partial charge >= 0.3 is 5.97 Å². The quantitative estimate of drug-likeness (QED) is 0.617. The average Bonchev–Trinajstić information content (AvgIpc) is 2.74. The molecule has 0 radical (unpaired) electrons. The lowest BCUT2D eigenvalue weighted by atomic mass is 10.1. The maximum Gasteiger partial charge on any atom is 0.339 e. The summed E-state index contributed by atoms with van der Waals surface area (Å²) < 4.78 is 17.8. The van der Waals surface area contributed by atoms with Gasteiger partial charge in [-0.3, -0.25) is 9.59 Å². The number of amides is 2.